The van der Waals surface area contributed by atoms with Crippen LogP contribution in [0.4, 0.5) is 0 Å². The number of nitrogens with one attached hydrogen (secondary N) is 1. The first kappa shape index (κ1) is 17.9. The molecule has 0 aliphatic heterocycles. The van der Waals surface area contributed by atoms with Gasteiger partial charge in [-0.15, -0.1) is 5.10 Å². The lowest BCUT2D eigenvalue weighted by atomic mass is 9.98. The first-order valence-corrected chi connectivity index (χ1v) is 9.44. The van der Waals surface area contributed by atoms with Gasteiger partial charge in [0, 0.05) is 12.5 Å². The minimum atomic E-state index is -0.230. The SMILES string of the molecule is CC(=O)N=c1sc(C)nn1Cc1ccc(-c2ccccc2-c2nnn[nH]2)cc1. The minimum absolute atomic E-state index is 0.230. The van der Waals surface area contributed by atoms with E-state index in [1.165, 1.54) is 18.3 Å². The number of benzene rings is 2. The van der Waals surface area contributed by atoms with Gasteiger partial charge in [0.25, 0.3) is 0 Å². The van der Waals surface area contributed by atoms with E-state index in [1.54, 1.807) is 4.68 Å². The molecule has 4 aromatic rings. The van der Waals surface area contributed by atoms with Gasteiger partial charge < -0.3 is 0 Å². The Morgan fingerprint density at radius 2 is 1.89 bits per heavy atom. The molecule has 4 rings (SSSR count). The number of H-pyrrole nitrogens is 1. The summed E-state index contributed by atoms with van der Waals surface area (Å²) >= 11 is 1.40. The van der Waals surface area contributed by atoms with Crippen molar-refractivity contribution in [1.82, 2.24) is 30.4 Å². The van der Waals surface area contributed by atoms with Crippen LogP contribution in [0.5, 0.6) is 0 Å². The monoisotopic (exact) mass is 391 g/mol. The Labute approximate surface area is 164 Å². The Bertz CT molecular complexity index is 1170. The zero-order chi connectivity index (χ0) is 19.5. The molecule has 0 saturated heterocycles. The highest BCUT2D eigenvalue weighted by Gasteiger charge is 2.10. The summed E-state index contributed by atoms with van der Waals surface area (Å²) in [6, 6.07) is 16.2. The molecule has 2 aromatic heterocycles. The van der Waals surface area contributed by atoms with Gasteiger partial charge in [0.2, 0.25) is 10.7 Å². The maximum atomic E-state index is 11.3. The second-order valence-electron chi connectivity index (χ2n) is 6.18. The summed E-state index contributed by atoms with van der Waals surface area (Å²) in [7, 11) is 0. The van der Waals surface area contributed by atoms with Crippen LogP contribution in [0.3, 0.4) is 0 Å². The Morgan fingerprint density at radius 3 is 2.57 bits per heavy atom. The number of hydrogen-bond acceptors (Lipinski definition) is 6. The van der Waals surface area contributed by atoms with Gasteiger partial charge in [-0.2, -0.15) is 10.1 Å². The van der Waals surface area contributed by atoms with Crippen LogP contribution in [0, 0.1) is 6.92 Å². The van der Waals surface area contributed by atoms with Crippen molar-refractivity contribution >= 4 is 17.2 Å². The highest BCUT2D eigenvalue weighted by molar-refractivity contribution is 7.08. The van der Waals surface area contributed by atoms with Gasteiger partial charge in [0.1, 0.15) is 5.01 Å². The van der Waals surface area contributed by atoms with E-state index in [-0.39, 0.29) is 5.91 Å². The number of rotatable bonds is 4. The lowest BCUT2D eigenvalue weighted by molar-refractivity contribution is -0.116. The smallest absolute Gasteiger partial charge is 0.245 e. The molecule has 0 saturated carbocycles. The second kappa shape index (κ2) is 7.65. The molecular weight excluding hydrogens is 374 g/mol. The number of carbonyl (C=O) groups is 1. The molecule has 0 radical (unpaired) electrons. The maximum absolute atomic E-state index is 11.3. The summed E-state index contributed by atoms with van der Waals surface area (Å²) in [5.41, 5.74) is 4.10. The van der Waals surface area contributed by atoms with Gasteiger partial charge in [-0.05, 0) is 34.0 Å². The van der Waals surface area contributed by atoms with Crippen LogP contribution in [0.15, 0.2) is 53.5 Å². The van der Waals surface area contributed by atoms with Crippen LogP contribution < -0.4 is 4.80 Å². The lowest BCUT2D eigenvalue weighted by Gasteiger charge is -2.08. The predicted octanol–water partition coefficient (Wildman–Crippen LogP) is 2.60. The van der Waals surface area contributed by atoms with E-state index in [9.17, 15) is 4.79 Å². The topological polar surface area (TPSA) is 102 Å². The molecule has 0 fully saturated rings. The zero-order valence-electron chi connectivity index (χ0n) is 15.3. The van der Waals surface area contributed by atoms with Crippen LogP contribution in [0.25, 0.3) is 22.5 Å². The van der Waals surface area contributed by atoms with Crippen molar-refractivity contribution < 1.29 is 4.79 Å². The normalized spacial score (nSPS) is 11.7. The van der Waals surface area contributed by atoms with Crippen LogP contribution in [-0.2, 0) is 11.3 Å². The molecule has 1 N–H and O–H groups in total. The van der Waals surface area contributed by atoms with Gasteiger partial charge in [0.05, 0.1) is 6.54 Å². The van der Waals surface area contributed by atoms with Gasteiger partial charge in [-0.25, -0.2) is 9.78 Å². The fourth-order valence-electron chi connectivity index (χ4n) is 2.91. The average Bonchev–Trinajstić information content (AvgIpc) is 3.32. The predicted molar refractivity (Wildman–Crippen MR) is 105 cm³/mol. The van der Waals surface area contributed by atoms with Crippen molar-refractivity contribution in [2.45, 2.75) is 20.4 Å². The van der Waals surface area contributed by atoms with Crippen molar-refractivity contribution in [1.29, 1.82) is 0 Å². The second-order valence-corrected chi connectivity index (χ2v) is 7.34. The molecule has 0 bridgehead atoms. The first-order chi connectivity index (χ1) is 13.6. The molecule has 0 atom stereocenters. The fourth-order valence-corrected chi connectivity index (χ4v) is 3.70. The molecule has 0 unspecified atom stereocenters. The van der Waals surface area contributed by atoms with Crippen molar-refractivity contribution in [2.75, 3.05) is 0 Å². The van der Waals surface area contributed by atoms with Gasteiger partial charge >= 0.3 is 0 Å². The van der Waals surface area contributed by atoms with Gasteiger partial charge in [0.15, 0.2) is 5.82 Å². The van der Waals surface area contributed by atoms with Crippen molar-refractivity contribution in [3.63, 3.8) is 0 Å². The third-order valence-electron chi connectivity index (χ3n) is 4.10. The molecule has 1 amide bonds. The molecule has 140 valence electrons. The molecule has 0 spiro atoms. The highest BCUT2D eigenvalue weighted by Crippen LogP contribution is 2.29. The number of carbonyl (C=O) groups excluding carboxylic acids is 1. The standard InChI is InChI=1S/C19H17N7OS/c1-12(27)20-19-26(23-13(2)28-19)11-14-7-9-15(10-8-14)16-5-3-4-6-17(16)18-21-24-25-22-18/h3-10H,11H2,1-2H3,(H,21,22,24,25). The third kappa shape index (κ3) is 3.79. The summed E-state index contributed by atoms with van der Waals surface area (Å²) in [6.07, 6.45) is 0. The number of aromatic amines is 1. The number of hydrogen-bond donors (Lipinski definition) is 1. The quantitative estimate of drug-likeness (QED) is 0.576. The summed E-state index contributed by atoms with van der Waals surface area (Å²) in [6.45, 7) is 3.89. The van der Waals surface area contributed by atoms with Crippen LogP contribution in [-0.4, -0.2) is 36.3 Å². The highest BCUT2D eigenvalue weighted by atomic mass is 32.1. The van der Waals surface area contributed by atoms with E-state index < -0.39 is 0 Å². The zero-order valence-corrected chi connectivity index (χ0v) is 16.1. The Balaban J connectivity index is 1.64. The fraction of sp³-hybridized carbons (Fsp3) is 0.158. The number of tetrazole rings is 1. The first-order valence-electron chi connectivity index (χ1n) is 8.62. The third-order valence-corrected chi connectivity index (χ3v) is 4.96. The summed E-state index contributed by atoms with van der Waals surface area (Å²) in [4.78, 5) is 16.0. The van der Waals surface area contributed by atoms with E-state index in [1.807, 2.05) is 43.3 Å². The van der Waals surface area contributed by atoms with Gasteiger partial charge in [-0.1, -0.05) is 59.9 Å². The van der Waals surface area contributed by atoms with Crippen LogP contribution in [0.1, 0.15) is 17.5 Å². The van der Waals surface area contributed by atoms with Crippen LogP contribution in [0.2, 0.25) is 0 Å². The molecule has 0 aliphatic carbocycles. The van der Waals surface area contributed by atoms with Crippen molar-refractivity contribution in [3.8, 4) is 22.5 Å². The Morgan fingerprint density at radius 1 is 1.14 bits per heavy atom. The molecule has 0 aliphatic rings. The summed E-state index contributed by atoms with van der Waals surface area (Å²) in [5, 5.41) is 19.5. The molecular formula is C19H17N7OS. The lowest BCUT2D eigenvalue weighted by Crippen LogP contribution is -2.18. The Hall–Kier alpha value is -3.46. The number of amides is 1. The minimum Gasteiger partial charge on any atom is -0.273 e. The van der Waals surface area contributed by atoms with E-state index in [0.717, 1.165) is 27.3 Å². The van der Waals surface area contributed by atoms with E-state index >= 15 is 0 Å². The molecule has 9 heteroatoms. The molecule has 8 nitrogen and oxygen atoms in total. The summed E-state index contributed by atoms with van der Waals surface area (Å²) in [5.74, 6) is 0.398. The van der Waals surface area contributed by atoms with E-state index in [2.05, 4.69) is 42.8 Å². The molecule has 28 heavy (non-hydrogen) atoms. The van der Waals surface area contributed by atoms with E-state index in [4.69, 9.17) is 0 Å². The van der Waals surface area contributed by atoms with Gasteiger partial charge in [-0.3, -0.25) is 4.79 Å². The Kier molecular flexibility index (Phi) is 4.90. The summed E-state index contributed by atoms with van der Waals surface area (Å²) < 4.78 is 1.75. The van der Waals surface area contributed by atoms with Crippen molar-refractivity contribution in [2.24, 2.45) is 4.99 Å². The molecule has 2 aromatic carbocycles. The van der Waals surface area contributed by atoms with Crippen LogP contribution >= 0.6 is 11.3 Å². The van der Waals surface area contributed by atoms with E-state index in [0.29, 0.717) is 17.2 Å². The van der Waals surface area contributed by atoms with Crippen molar-refractivity contribution in [3.05, 3.63) is 63.9 Å². The largest absolute Gasteiger partial charge is 0.273 e. The average molecular weight is 391 g/mol. The number of nitrogens with zero attached hydrogens (tertiary/aromatic N) is 6. The number of aromatic nitrogens is 6. The molecule has 2 heterocycles. The number of aryl methyl sites for hydroxylation is 1. The maximum Gasteiger partial charge on any atom is 0.245 e.